The van der Waals surface area contributed by atoms with Gasteiger partial charge >= 0.3 is 5.97 Å². The number of thiazole rings is 1. The summed E-state index contributed by atoms with van der Waals surface area (Å²) in [6.07, 6.45) is 2.99. The molecule has 36 heavy (non-hydrogen) atoms. The summed E-state index contributed by atoms with van der Waals surface area (Å²) in [5.74, 6) is -0.979. The third-order valence-electron chi connectivity index (χ3n) is 5.49. The fraction of sp³-hybridized carbons (Fsp3) is 0.269. The van der Waals surface area contributed by atoms with E-state index in [0.717, 1.165) is 21.3 Å². The molecule has 0 atom stereocenters. The third kappa shape index (κ3) is 5.89. The smallest absolute Gasteiger partial charge is 0.326 e. The van der Waals surface area contributed by atoms with Crippen LogP contribution in [0.3, 0.4) is 0 Å². The van der Waals surface area contributed by atoms with Crippen LogP contribution in [0.5, 0.6) is 0 Å². The second kappa shape index (κ2) is 11.6. The number of hydrogen-bond donors (Lipinski definition) is 0. The molecular weight excluding hydrogens is 498 g/mol. The summed E-state index contributed by atoms with van der Waals surface area (Å²) in [5, 5.41) is 0. The Bertz CT molecular complexity index is 1470. The Kier molecular flexibility index (Phi) is 8.78. The SMILES string of the molecule is C=CCN(CC=C)S(=O)(=O)c1ccc(C(=O)N=c2sc3cc(C)c(C)cc3n2CC(=O)OCC)cc1. The van der Waals surface area contributed by atoms with Gasteiger partial charge in [-0.15, -0.1) is 13.2 Å². The summed E-state index contributed by atoms with van der Waals surface area (Å²) in [6, 6.07) is 9.56. The Morgan fingerprint density at radius 2 is 1.69 bits per heavy atom. The summed E-state index contributed by atoms with van der Waals surface area (Å²) < 4.78 is 34.7. The monoisotopic (exact) mass is 527 g/mol. The van der Waals surface area contributed by atoms with Gasteiger partial charge in [0.15, 0.2) is 4.80 Å². The van der Waals surface area contributed by atoms with Crippen LogP contribution in [0.2, 0.25) is 0 Å². The number of sulfonamides is 1. The fourth-order valence-corrected chi connectivity index (χ4v) is 6.01. The van der Waals surface area contributed by atoms with Gasteiger partial charge in [-0.05, 0) is 68.3 Å². The highest BCUT2D eigenvalue weighted by molar-refractivity contribution is 7.89. The van der Waals surface area contributed by atoms with E-state index < -0.39 is 21.9 Å². The van der Waals surface area contributed by atoms with Gasteiger partial charge in [0.1, 0.15) is 6.54 Å². The van der Waals surface area contributed by atoms with Crippen molar-refractivity contribution in [3.63, 3.8) is 0 Å². The number of hydrogen-bond acceptors (Lipinski definition) is 6. The van der Waals surface area contributed by atoms with E-state index in [4.69, 9.17) is 4.74 Å². The molecule has 10 heteroatoms. The summed E-state index contributed by atoms with van der Waals surface area (Å²) in [5.41, 5.74) is 3.15. The quantitative estimate of drug-likeness (QED) is 0.293. The average molecular weight is 528 g/mol. The van der Waals surface area contributed by atoms with Crippen LogP contribution in [0.15, 0.2) is 71.6 Å². The zero-order chi connectivity index (χ0) is 26.5. The average Bonchev–Trinajstić information content (AvgIpc) is 3.14. The predicted octanol–water partition coefficient (Wildman–Crippen LogP) is 3.99. The standard InChI is InChI=1S/C26H29N3O5S2/c1-6-13-28(14-7-2)36(32,33)21-11-9-20(10-12-21)25(31)27-26-29(17-24(30)34-8-3)22-15-18(4)19(5)16-23(22)35-26/h6-7,9-12,15-16H,1-2,8,13-14,17H2,3-5H3. The number of benzene rings is 2. The molecule has 0 radical (unpaired) electrons. The van der Waals surface area contributed by atoms with Crippen molar-refractivity contribution in [1.29, 1.82) is 0 Å². The molecule has 0 bridgehead atoms. The first-order valence-corrected chi connectivity index (χ1v) is 13.5. The van der Waals surface area contributed by atoms with E-state index in [1.807, 2.05) is 26.0 Å². The lowest BCUT2D eigenvalue weighted by Gasteiger charge is -2.19. The highest BCUT2D eigenvalue weighted by Gasteiger charge is 2.23. The number of carbonyl (C=O) groups is 2. The highest BCUT2D eigenvalue weighted by atomic mass is 32.2. The van der Waals surface area contributed by atoms with Gasteiger partial charge < -0.3 is 9.30 Å². The molecule has 0 saturated heterocycles. The maximum Gasteiger partial charge on any atom is 0.326 e. The van der Waals surface area contributed by atoms with Gasteiger partial charge in [0.2, 0.25) is 10.0 Å². The number of aromatic nitrogens is 1. The molecule has 190 valence electrons. The van der Waals surface area contributed by atoms with Gasteiger partial charge in [0.25, 0.3) is 5.91 Å². The normalized spacial score (nSPS) is 12.2. The first kappa shape index (κ1) is 27.3. The number of aryl methyl sites for hydroxylation is 2. The van der Waals surface area contributed by atoms with Crippen molar-refractivity contribution in [2.24, 2.45) is 4.99 Å². The Labute approximate surface area is 214 Å². The van der Waals surface area contributed by atoms with E-state index in [-0.39, 0.29) is 36.7 Å². The van der Waals surface area contributed by atoms with Crippen LogP contribution < -0.4 is 4.80 Å². The molecule has 0 aliphatic rings. The number of fused-ring (bicyclic) bond motifs is 1. The van der Waals surface area contributed by atoms with Crippen molar-refractivity contribution in [2.75, 3.05) is 19.7 Å². The second-order valence-electron chi connectivity index (χ2n) is 8.02. The summed E-state index contributed by atoms with van der Waals surface area (Å²) >= 11 is 1.30. The Hall–Kier alpha value is -3.34. The Balaban J connectivity index is 2.01. The lowest BCUT2D eigenvalue weighted by molar-refractivity contribution is -0.143. The zero-order valence-corrected chi connectivity index (χ0v) is 22.2. The molecule has 1 aromatic heterocycles. The van der Waals surface area contributed by atoms with Crippen LogP contribution in [-0.2, 0) is 26.1 Å². The first-order chi connectivity index (χ1) is 17.1. The summed E-state index contributed by atoms with van der Waals surface area (Å²) in [4.78, 5) is 29.9. The molecule has 0 fully saturated rings. The molecule has 1 amide bonds. The van der Waals surface area contributed by atoms with E-state index in [1.54, 1.807) is 11.5 Å². The number of rotatable bonds is 10. The fourth-order valence-electron chi connectivity index (χ4n) is 3.52. The molecule has 3 aromatic rings. The number of nitrogens with zero attached hydrogens (tertiary/aromatic N) is 3. The molecule has 0 N–H and O–H groups in total. The van der Waals surface area contributed by atoms with Crippen molar-refractivity contribution in [2.45, 2.75) is 32.2 Å². The van der Waals surface area contributed by atoms with Crippen LogP contribution in [-0.4, -0.2) is 48.9 Å². The largest absolute Gasteiger partial charge is 0.465 e. The molecular formula is C26H29N3O5S2. The zero-order valence-electron chi connectivity index (χ0n) is 20.6. The predicted molar refractivity (Wildman–Crippen MR) is 141 cm³/mol. The maximum atomic E-state index is 13.0. The highest BCUT2D eigenvalue weighted by Crippen LogP contribution is 2.22. The molecule has 2 aromatic carbocycles. The summed E-state index contributed by atoms with van der Waals surface area (Å²) in [6.45, 7) is 13.3. The van der Waals surface area contributed by atoms with Crippen LogP contribution >= 0.6 is 11.3 Å². The Morgan fingerprint density at radius 1 is 1.08 bits per heavy atom. The van der Waals surface area contributed by atoms with Crippen molar-refractivity contribution in [3.05, 3.63) is 83.2 Å². The first-order valence-electron chi connectivity index (χ1n) is 11.3. The van der Waals surface area contributed by atoms with Crippen LogP contribution in [0.25, 0.3) is 10.2 Å². The van der Waals surface area contributed by atoms with Gasteiger partial charge in [-0.25, -0.2) is 8.42 Å². The van der Waals surface area contributed by atoms with E-state index in [2.05, 4.69) is 18.2 Å². The van der Waals surface area contributed by atoms with Crippen molar-refractivity contribution < 1.29 is 22.7 Å². The lowest BCUT2D eigenvalue weighted by Crippen LogP contribution is -2.31. The third-order valence-corrected chi connectivity index (χ3v) is 8.38. The minimum atomic E-state index is -3.78. The number of carbonyl (C=O) groups excluding carboxylic acids is 2. The van der Waals surface area contributed by atoms with Gasteiger partial charge in [-0.1, -0.05) is 23.5 Å². The molecule has 8 nitrogen and oxygen atoms in total. The van der Waals surface area contributed by atoms with E-state index in [9.17, 15) is 18.0 Å². The minimum Gasteiger partial charge on any atom is -0.465 e. The molecule has 0 unspecified atom stereocenters. The molecule has 0 aliphatic carbocycles. The summed E-state index contributed by atoms with van der Waals surface area (Å²) in [7, 11) is -3.78. The van der Waals surface area contributed by atoms with E-state index in [0.29, 0.717) is 4.80 Å². The topological polar surface area (TPSA) is 98.0 Å². The van der Waals surface area contributed by atoms with Crippen LogP contribution in [0, 0.1) is 13.8 Å². The maximum absolute atomic E-state index is 13.0. The second-order valence-corrected chi connectivity index (χ2v) is 11.0. The molecule has 3 rings (SSSR count). The minimum absolute atomic E-state index is 0.0490. The molecule has 0 aliphatic heterocycles. The molecule has 0 saturated carbocycles. The van der Waals surface area contributed by atoms with Crippen molar-refractivity contribution >= 4 is 43.5 Å². The Morgan fingerprint density at radius 3 is 2.28 bits per heavy atom. The van der Waals surface area contributed by atoms with Gasteiger partial charge in [0, 0.05) is 18.7 Å². The lowest BCUT2D eigenvalue weighted by atomic mass is 10.1. The number of amides is 1. The van der Waals surface area contributed by atoms with Gasteiger partial charge in [0.05, 0.1) is 21.7 Å². The molecule has 0 spiro atoms. The van der Waals surface area contributed by atoms with Gasteiger partial charge in [-0.3, -0.25) is 9.59 Å². The van der Waals surface area contributed by atoms with E-state index >= 15 is 0 Å². The van der Waals surface area contributed by atoms with Gasteiger partial charge in [-0.2, -0.15) is 9.30 Å². The number of esters is 1. The van der Waals surface area contributed by atoms with E-state index in [1.165, 1.54) is 52.1 Å². The number of ether oxygens (including phenoxy) is 1. The van der Waals surface area contributed by atoms with Crippen molar-refractivity contribution in [3.8, 4) is 0 Å². The van der Waals surface area contributed by atoms with Crippen LogP contribution in [0.4, 0.5) is 0 Å². The molecule has 1 heterocycles. The van der Waals surface area contributed by atoms with Crippen molar-refractivity contribution in [1.82, 2.24) is 8.87 Å². The van der Waals surface area contributed by atoms with Crippen LogP contribution in [0.1, 0.15) is 28.4 Å².